The highest BCUT2D eigenvalue weighted by Crippen LogP contribution is 2.32. The number of amides is 1. The second-order valence-electron chi connectivity index (χ2n) is 7.73. The van der Waals surface area contributed by atoms with Crippen molar-refractivity contribution >= 4 is 25.9 Å². The van der Waals surface area contributed by atoms with Gasteiger partial charge in [0.15, 0.2) is 0 Å². The Morgan fingerprint density at radius 3 is 2.30 bits per heavy atom. The van der Waals surface area contributed by atoms with Gasteiger partial charge in [0.2, 0.25) is 0 Å². The molecule has 5 nitrogen and oxygen atoms in total. The van der Waals surface area contributed by atoms with Crippen molar-refractivity contribution in [1.29, 1.82) is 0 Å². The molecule has 0 radical (unpaired) electrons. The maximum Gasteiger partial charge on any atom is 0.266 e. The third kappa shape index (κ3) is 4.23. The summed E-state index contributed by atoms with van der Waals surface area (Å²) in [7, 11) is 1.85. The van der Waals surface area contributed by atoms with E-state index in [1.807, 2.05) is 57.8 Å². The lowest BCUT2D eigenvalue weighted by atomic mass is 9.82. The molecular formula is C23H26FN2O3P. The van der Waals surface area contributed by atoms with Crippen LogP contribution in [0.4, 0.5) is 4.39 Å². The number of halogens is 1. The van der Waals surface area contributed by atoms with Crippen LogP contribution >= 0.6 is 9.24 Å². The van der Waals surface area contributed by atoms with Crippen LogP contribution in [0.5, 0.6) is 0 Å². The fourth-order valence-corrected chi connectivity index (χ4v) is 3.70. The molecule has 0 aliphatic carbocycles. The van der Waals surface area contributed by atoms with Crippen molar-refractivity contribution in [2.75, 3.05) is 0 Å². The van der Waals surface area contributed by atoms with Crippen LogP contribution in [0, 0.1) is 0 Å². The summed E-state index contributed by atoms with van der Waals surface area (Å²) < 4.78 is 14.0. The van der Waals surface area contributed by atoms with Crippen molar-refractivity contribution < 1.29 is 19.5 Å². The van der Waals surface area contributed by atoms with Gasteiger partial charge in [-0.05, 0) is 53.4 Å². The Morgan fingerprint density at radius 2 is 1.67 bits per heavy atom. The van der Waals surface area contributed by atoms with Crippen molar-refractivity contribution in [2.24, 2.45) is 0 Å². The zero-order chi connectivity index (χ0) is 21.9. The van der Waals surface area contributed by atoms with Crippen LogP contribution in [0.3, 0.4) is 0 Å². The molecule has 0 saturated carbocycles. The minimum Gasteiger partial charge on any atom is -0.384 e. The predicted molar refractivity (Wildman–Crippen MR) is 120 cm³/mol. The molecule has 30 heavy (non-hydrogen) atoms. The van der Waals surface area contributed by atoms with E-state index in [-0.39, 0.29) is 6.54 Å². The quantitative estimate of drug-likeness (QED) is 0.262. The molecule has 0 aliphatic rings. The molecule has 0 aromatic heterocycles. The van der Waals surface area contributed by atoms with Gasteiger partial charge in [-0.2, -0.15) is 0 Å². The number of aliphatic hydroxyl groups is 1. The van der Waals surface area contributed by atoms with E-state index < -0.39 is 23.0 Å². The monoisotopic (exact) mass is 428 g/mol. The molecule has 0 aliphatic heterocycles. The molecule has 0 bridgehead atoms. The van der Waals surface area contributed by atoms with E-state index >= 15 is 0 Å². The van der Waals surface area contributed by atoms with Crippen LogP contribution in [0.1, 0.15) is 19.4 Å². The molecule has 158 valence electrons. The number of hydrogen-bond donors (Lipinski definition) is 4. The maximum absolute atomic E-state index is 14.0. The molecule has 3 aromatic carbocycles. The first-order valence-electron chi connectivity index (χ1n) is 9.59. The molecule has 4 atom stereocenters. The SMILES string of the molecule is CC(O)(C(F)P)[C@](C)(NCc1ccc2cc(-c3ccccc3)ccc2c1)C(=O)NO. The van der Waals surface area contributed by atoms with Crippen molar-refractivity contribution in [3.05, 3.63) is 72.3 Å². The number of benzene rings is 3. The Kier molecular flexibility index (Phi) is 6.53. The second kappa shape index (κ2) is 8.78. The smallest absolute Gasteiger partial charge is 0.266 e. The van der Waals surface area contributed by atoms with Gasteiger partial charge in [0.25, 0.3) is 5.91 Å². The topological polar surface area (TPSA) is 81.6 Å². The first-order valence-corrected chi connectivity index (χ1v) is 10.3. The van der Waals surface area contributed by atoms with Crippen molar-refractivity contribution in [2.45, 2.75) is 37.4 Å². The summed E-state index contributed by atoms with van der Waals surface area (Å²) in [6.07, 6.45) is 0. The Hall–Kier alpha value is -2.37. The molecule has 0 heterocycles. The van der Waals surface area contributed by atoms with Crippen LogP contribution in [0.25, 0.3) is 21.9 Å². The number of nitrogens with one attached hydrogen (secondary N) is 2. The van der Waals surface area contributed by atoms with Gasteiger partial charge < -0.3 is 5.11 Å². The normalized spacial score (nSPS) is 16.5. The Bertz CT molecular complexity index is 1040. The van der Waals surface area contributed by atoms with Crippen LogP contribution in [-0.2, 0) is 11.3 Å². The van der Waals surface area contributed by atoms with Crippen molar-refractivity contribution in [1.82, 2.24) is 10.8 Å². The van der Waals surface area contributed by atoms with Gasteiger partial charge in [-0.15, -0.1) is 0 Å². The first kappa shape index (κ1) is 22.3. The summed E-state index contributed by atoms with van der Waals surface area (Å²) >= 11 is 0. The lowest BCUT2D eigenvalue weighted by Crippen LogP contribution is -2.69. The van der Waals surface area contributed by atoms with Gasteiger partial charge in [-0.1, -0.05) is 63.8 Å². The van der Waals surface area contributed by atoms with Crippen LogP contribution in [0.2, 0.25) is 0 Å². The van der Waals surface area contributed by atoms with E-state index in [0.717, 1.165) is 27.5 Å². The zero-order valence-corrected chi connectivity index (χ0v) is 18.0. The minimum absolute atomic E-state index is 0.188. The molecule has 3 unspecified atom stereocenters. The third-order valence-electron chi connectivity index (χ3n) is 5.76. The predicted octanol–water partition coefficient (Wildman–Crippen LogP) is 3.78. The lowest BCUT2D eigenvalue weighted by Gasteiger charge is -2.42. The number of carbonyl (C=O) groups excluding carboxylic acids is 1. The summed E-state index contributed by atoms with van der Waals surface area (Å²) in [4.78, 5) is 12.2. The van der Waals surface area contributed by atoms with Gasteiger partial charge in [0, 0.05) is 6.54 Å². The van der Waals surface area contributed by atoms with E-state index in [1.165, 1.54) is 19.3 Å². The van der Waals surface area contributed by atoms with E-state index in [4.69, 9.17) is 5.21 Å². The molecule has 3 rings (SSSR count). The molecule has 3 aromatic rings. The fourth-order valence-electron chi connectivity index (χ4n) is 3.37. The number of rotatable bonds is 7. The van der Waals surface area contributed by atoms with Gasteiger partial charge in [0.1, 0.15) is 17.1 Å². The average molecular weight is 428 g/mol. The van der Waals surface area contributed by atoms with Crippen molar-refractivity contribution in [3.63, 3.8) is 0 Å². The molecule has 4 N–H and O–H groups in total. The maximum atomic E-state index is 14.0. The van der Waals surface area contributed by atoms with E-state index in [0.29, 0.717) is 0 Å². The van der Waals surface area contributed by atoms with Gasteiger partial charge in [-0.25, -0.2) is 9.87 Å². The number of hydroxylamine groups is 1. The standard InChI is InChI=1S/C23H26FN2O3P/c1-22(21(27)26-29,23(2,28)20(24)30)25-14-15-8-9-19-13-18(11-10-17(19)12-15)16-6-4-3-5-7-16/h3-13,20,25,28-29H,14,30H2,1-2H3,(H,26,27)/t20?,22-,23?/m1/s1. The molecule has 0 saturated heterocycles. The highest BCUT2D eigenvalue weighted by atomic mass is 31.0. The molecule has 7 heteroatoms. The van der Waals surface area contributed by atoms with Gasteiger partial charge in [0.05, 0.1) is 0 Å². The molecule has 1 amide bonds. The summed E-state index contributed by atoms with van der Waals surface area (Å²) in [6, 6.07) is 22.1. The fraction of sp³-hybridized carbons (Fsp3) is 0.261. The highest BCUT2D eigenvalue weighted by molar-refractivity contribution is 7.17. The third-order valence-corrected chi connectivity index (χ3v) is 6.41. The van der Waals surface area contributed by atoms with E-state index in [2.05, 4.69) is 23.5 Å². The van der Waals surface area contributed by atoms with E-state index in [1.54, 1.807) is 0 Å². The summed E-state index contributed by atoms with van der Waals surface area (Å²) in [5, 5.41) is 24.7. The molecule has 0 spiro atoms. The van der Waals surface area contributed by atoms with Crippen molar-refractivity contribution in [3.8, 4) is 11.1 Å². The summed E-state index contributed by atoms with van der Waals surface area (Å²) in [5.41, 5.74) is 0.772. The van der Waals surface area contributed by atoms with Crippen LogP contribution in [-0.4, -0.2) is 33.3 Å². The van der Waals surface area contributed by atoms with Gasteiger partial charge in [-0.3, -0.25) is 15.3 Å². The minimum atomic E-state index is -2.08. The number of carbonyl (C=O) groups is 1. The van der Waals surface area contributed by atoms with E-state index in [9.17, 15) is 14.3 Å². The Balaban J connectivity index is 1.85. The molecule has 0 fully saturated rings. The summed E-state index contributed by atoms with van der Waals surface area (Å²) in [6.45, 7) is 2.74. The Labute approximate surface area is 177 Å². The summed E-state index contributed by atoms with van der Waals surface area (Å²) in [5.74, 6) is -2.72. The number of hydrogen-bond acceptors (Lipinski definition) is 4. The number of fused-ring (bicyclic) bond motifs is 1. The number of alkyl halides is 1. The van der Waals surface area contributed by atoms with Crippen LogP contribution in [0.15, 0.2) is 66.7 Å². The van der Waals surface area contributed by atoms with Crippen LogP contribution < -0.4 is 10.8 Å². The largest absolute Gasteiger partial charge is 0.384 e. The average Bonchev–Trinajstić information content (AvgIpc) is 2.76. The van der Waals surface area contributed by atoms with Gasteiger partial charge >= 0.3 is 0 Å². The highest BCUT2D eigenvalue weighted by Gasteiger charge is 2.52. The lowest BCUT2D eigenvalue weighted by molar-refractivity contribution is -0.150. The molecular weight excluding hydrogens is 402 g/mol. The zero-order valence-electron chi connectivity index (χ0n) is 16.9. The second-order valence-corrected chi connectivity index (χ2v) is 8.32. The first-order chi connectivity index (χ1) is 14.2. The Morgan fingerprint density at radius 1 is 1.03 bits per heavy atom.